The first-order valence-corrected chi connectivity index (χ1v) is 9.85. The second-order valence-electron chi connectivity index (χ2n) is 5.78. The fourth-order valence-electron chi connectivity index (χ4n) is 2.60. The summed E-state index contributed by atoms with van der Waals surface area (Å²) in [5, 5.41) is 3.36. The summed E-state index contributed by atoms with van der Waals surface area (Å²) >= 11 is 5.10. The average Bonchev–Trinajstić information content (AvgIpc) is 3.08. The Labute approximate surface area is 169 Å². The van der Waals surface area contributed by atoms with Crippen LogP contribution in [0.3, 0.4) is 0 Å². The van der Waals surface area contributed by atoms with Crippen LogP contribution in [0.25, 0.3) is 10.2 Å². The number of aromatic nitrogens is 2. The standard InChI is InChI=1S/C20H16BrN3O2S/c1-25-15-7-5-13(6-8-15)11-26-16-4-2-3-14(9-16)24-20-19-17(22-12-23-20)10-18(21)27-19/h2-10,12H,11H2,1H3,(H,22,23,24). The second-order valence-corrected chi connectivity index (χ2v) is 8.21. The molecule has 0 radical (unpaired) electrons. The number of hydrogen-bond donors (Lipinski definition) is 1. The number of anilines is 2. The van der Waals surface area contributed by atoms with Crippen LogP contribution in [-0.2, 0) is 6.61 Å². The lowest BCUT2D eigenvalue weighted by Crippen LogP contribution is -1.97. The molecule has 0 spiro atoms. The molecule has 4 aromatic rings. The van der Waals surface area contributed by atoms with Gasteiger partial charge in [0.1, 0.15) is 24.4 Å². The maximum atomic E-state index is 5.92. The summed E-state index contributed by atoms with van der Waals surface area (Å²) in [5.74, 6) is 2.40. The van der Waals surface area contributed by atoms with Gasteiger partial charge in [0, 0.05) is 11.8 Å². The topological polar surface area (TPSA) is 56.3 Å². The molecule has 0 aliphatic rings. The Bertz CT molecular complexity index is 1070. The molecule has 0 amide bonds. The number of nitrogens with zero attached hydrogens (tertiary/aromatic N) is 2. The van der Waals surface area contributed by atoms with Crippen molar-refractivity contribution in [3.8, 4) is 11.5 Å². The van der Waals surface area contributed by atoms with E-state index in [4.69, 9.17) is 9.47 Å². The highest BCUT2D eigenvalue weighted by atomic mass is 79.9. The van der Waals surface area contributed by atoms with E-state index in [1.54, 1.807) is 24.8 Å². The summed E-state index contributed by atoms with van der Waals surface area (Å²) in [7, 11) is 1.66. The van der Waals surface area contributed by atoms with Crippen molar-refractivity contribution in [3.63, 3.8) is 0 Å². The van der Waals surface area contributed by atoms with Crippen molar-refractivity contribution in [2.75, 3.05) is 12.4 Å². The van der Waals surface area contributed by atoms with E-state index < -0.39 is 0 Å². The van der Waals surface area contributed by atoms with Crippen LogP contribution in [0.1, 0.15) is 5.56 Å². The van der Waals surface area contributed by atoms with Gasteiger partial charge in [-0.1, -0.05) is 18.2 Å². The zero-order valence-corrected chi connectivity index (χ0v) is 16.9. The first-order chi connectivity index (χ1) is 13.2. The van der Waals surface area contributed by atoms with E-state index in [1.807, 2.05) is 54.6 Å². The van der Waals surface area contributed by atoms with Gasteiger partial charge in [0.25, 0.3) is 0 Å². The van der Waals surface area contributed by atoms with Gasteiger partial charge in [0.05, 0.1) is 21.1 Å². The van der Waals surface area contributed by atoms with Crippen LogP contribution in [0.4, 0.5) is 11.5 Å². The highest BCUT2D eigenvalue weighted by Gasteiger charge is 2.08. The van der Waals surface area contributed by atoms with Crippen LogP contribution in [0.2, 0.25) is 0 Å². The van der Waals surface area contributed by atoms with Gasteiger partial charge in [-0.15, -0.1) is 11.3 Å². The summed E-state index contributed by atoms with van der Waals surface area (Å²) < 4.78 is 13.1. The third kappa shape index (κ3) is 4.20. The lowest BCUT2D eigenvalue weighted by molar-refractivity contribution is 0.306. The summed E-state index contributed by atoms with van der Waals surface area (Å²) in [6.45, 7) is 0.489. The first-order valence-electron chi connectivity index (χ1n) is 8.24. The minimum absolute atomic E-state index is 0.489. The highest BCUT2D eigenvalue weighted by molar-refractivity contribution is 9.11. The van der Waals surface area contributed by atoms with Crippen molar-refractivity contribution in [1.82, 2.24) is 9.97 Å². The van der Waals surface area contributed by atoms with Gasteiger partial charge in [0.15, 0.2) is 5.82 Å². The van der Waals surface area contributed by atoms with Crippen LogP contribution < -0.4 is 14.8 Å². The van der Waals surface area contributed by atoms with Gasteiger partial charge in [-0.3, -0.25) is 0 Å². The molecule has 0 saturated heterocycles. The number of methoxy groups -OCH3 is 1. The predicted octanol–water partition coefficient (Wildman–Crippen LogP) is 5.79. The molecule has 0 aliphatic carbocycles. The fraction of sp³-hybridized carbons (Fsp3) is 0.100. The van der Waals surface area contributed by atoms with Crippen molar-refractivity contribution in [2.24, 2.45) is 0 Å². The average molecular weight is 442 g/mol. The molecule has 7 heteroatoms. The number of benzene rings is 2. The third-order valence-electron chi connectivity index (χ3n) is 3.94. The molecule has 2 heterocycles. The molecule has 0 fully saturated rings. The molecule has 27 heavy (non-hydrogen) atoms. The van der Waals surface area contributed by atoms with Crippen molar-refractivity contribution in [2.45, 2.75) is 6.61 Å². The molecule has 1 N–H and O–H groups in total. The predicted molar refractivity (Wildman–Crippen MR) is 112 cm³/mol. The summed E-state index contributed by atoms with van der Waals surface area (Å²) in [6, 6.07) is 17.7. The minimum atomic E-state index is 0.489. The van der Waals surface area contributed by atoms with Gasteiger partial charge >= 0.3 is 0 Å². The highest BCUT2D eigenvalue weighted by Crippen LogP contribution is 2.34. The minimum Gasteiger partial charge on any atom is -0.497 e. The Balaban J connectivity index is 1.48. The number of ether oxygens (including phenoxy) is 2. The van der Waals surface area contributed by atoms with E-state index in [9.17, 15) is 0 Å². The number of rotatable bonds is 6. The van der Waals surface area contributed by atoms with Gasteiger partial charge in [-0.25, -0.2) is 9.97 Å². The lowest BCUT2D eigenvalue weighted by atomic mass is 10.2. The van der Waals surface area contributed by atoms with E-state index in [2.05, 4.69) is 31.2 Å². The Hall–Kier alpha value is -2.64. The Morgan fingerprint density at radius 3 is 2.70 bits per heavy atom. The number of hydrogen-bond acceptors (Lipinski definition) is 6. The van der Waals surface area contributed by atoms with Gasteiger partial charge in [-0.05, 0) is 51.8 Å². The third-order valence-corrected chi connectivity index (χ3v) is 5.58. The monoisotopic (exact) mass is 441 g/mol. The zero-order chi connectivity index (χ0) is 18.6. The van der Waals surface area contributed by atoms with Crippen LogP contribution in [0, 0.1) is 0 Å². The number of fused-ring (bicyclic) bond motifs is 1. The normalized spacial score (nSPS) is 10.7. The van der Waals surface area contributed by atoms with E-state index in [-0.39, 0.29) is 0 Å². The van der Waals surface area contributed by atoms with Crippen LogP contribution in [-0.4, -0.2) is 17.1 Å². The number of halogens is 1. The van der Waals surface area contributed by atoms with Crippen molar-refractivity contribution < 1.29 is 9.47 Å². The van der Waals surface area contributed by atoms with Crippen molar-refractivity contribution in [1.29, 1.82) is 0 Å². The molecule has 0 aliphatic heterocycles. The fourth-order valence-corrected chi connectivity index (χ4v) is 4.09. The van der Waals surface area contributed by atoms with Crippen LogP contribution in [0.5, 0.6) is 11.5 Å². The molecule has 2 aromatic carbocycles. The molecular formula is C20H16BrN3O2S. The van der Waals surface area contributed by atoms with Crippen LogP contribution in [0.15, 0.2) is 64.7 Å². The van der Waals surface area contributed by atoms with E-state index in [0.29, 0.717) is 6.61 Å². The first kappa shape index (κ1) is 17.8. The lowest BCUT2D eigenvalue weighted by Gasteiger charge is -2.10. The molecule has 4 rings (SSSR count). The number of nitrogens with one attached hydrogen (secondary N) is 1. The van der Waals surface area contributed by atoms with E-state index >= 15 is 0 Å². The quantitative estimate of drug-likeness (QED) is 0.410. The van der Waals surface area contributed by atoms with Gasteiger partial charge < -0.3 is 14.8 Å². The molecule has 0 saturated carbocycles. The maximum absolute atomic E-state index is 5.92. The van der Waals surface area contributed by atoms with Crippen molar-refractivity contribution in [3.05, 3.63) is 70.3 Å². The van der Waals surface area contributed by atoms with E-state index in [1.165, 1.54) is 0 Å². The molecule has 136 valence electrons. The SMILES string of the molecule is COc1ccc(COc2cccc(Nc3ncnc4cc(Br)sc34)c2)cc1. The molecule has 0 atom stereocenters. The Morgan fingerprint density at radius 2 is 1.89 bits per heavy atom. The summed E-state index contributed by atoms with van der Waals surface area (Å²) in [6.07, 6.45) is 1.56. The Morgan fingerprint density at radius 1 is 1.04 bits per heavy atom. The molecule has 5 nitrogen and oxygen atoms in total. The van der Waals surface area contributed by atoms with E-state index in [0.717, 1.165) is 42.6 Å². The van der Waals surface area contributed by atoms with Gasteiger partial charge in [0.2, 0.25) is 0 Å². The molecular weight excluding hydrogens is 426 g/mol. The smallest absolute Gasteiger partial charge is 0.151 e. The van der Waals surface area contributed by atoms with Crippen molar-refractivity contribution >= 4 is 49.0 Å². The summed E-state index contributed by atoms with van der Waals surface area (Å²) in [4.78, 5) is 8.66. The zero-order valence-electron chi connectivity index (χ0n) is 14.5. The Kier molecular flexibility index (Phi) is 5.22. The largest absolute Gasteiger partial charge is 0.497 e. The molecule has 0 unspecified atom stereocenters. The molecule has 0 bridgehead atoms. The maximum Gasteiger partial charge on any atom is 0.151 e. The van der Waals surface area contributed by atoms with Gasteiger partial charge in [-0.2, -0.15) is 0 Å². The second kappa shape index (κ2) is 7.94. The number of thiophene rings is 1. The van der Waals surface area contributed by atoms with Crippen LogP contribution >= 0.6 is 27.3 Å². The summed E-state index contributed by atoms with van der Waals surface area (Å²) in [5.41, 5.74) is 2.90. The molecule has 2 aromatic heterocycles.